The molecular weight excluding hydrogens is 328 g/mol. The summed E-state index contributed by atoms with van der Waals surface area (Å²) in [7, 11) is 1.71. The van der Waals surface area contributed by atoms with Crippen molar-refractivity contribution in [1.82, 2.24) is 10.3 Å². The second-order valence-electron chi connectivity index (χ2n) is 6.68. The zero-order valence-corrected chi connectivity index (χ0v) is 15.6. The van der Waals surface area contributed by atoms with Crippen LogP contribution in [0.25, 0.3) is 0 Å². The fraction of sp³-hybridized carbons (Fsp3) is 0.400. The molecule has 2 heterocycles. The molecule has 1 aromatic carbocycles. The van der Waals surface area contributed by atoms with E-state index < -0.39 is 0 Å². The van der Waals surface area contributed by atoms with Gasteiger partial charge in [0, 0.05) is 32.2 Å². The van der Waals surface area contributed by atoms with E-state index in [1.165, 1.54) is 0 Å². The number of ether oxygens (including phenoxy) is 1. The molecule has 0 bridgehead atoms. The van der Waals surface area contributed by atoms with Gasteiger partial charge < -0.3 is 19.9 Å². The van der Waals surface area contributed by atoms with Crippen LogP contribution >= 0.6 is 0 Å². The van der Waals surface area contributed by atoms with Crippen LogP contribution in [0.2, 0.25) is 0 Å². The van der Waals surface area contributed by atoms with Gasteiger partial charge in [-0.05, 0) is 38.1 Å². The van der Waals surface area contributed by atoms with E-state index in [0.717, 1.165) is 43.3 Å². The van der Waals surface area contributed by atoms with Crippen molar-refractivity contribution in [3.63, 3.8) is 0 Å². The average Bonchev–Trinajstić information content (AvgIpc) is 2.67. The van der Waals surface area contributed by atoms with Crippen LogP contribution in [-0.2, 0) is 0 Å². The summed E-state index contributed by atoms with van der Waals surface area (Å²) in [4.78, 5) is 21.0. The third-order valence-corrected chi connectivity index (χ3v) is 4.47. The van der Waals surface area contributed by atoms with Crippen molar-refractivity contribution in [2.45, 2.75) is 19.9 Å². The highest BCUT2D eigenvalue weighted by atomic mass is 16.5. The third kappa shape index (κ3) is 4.07. The largest absolute Gasteiger partial charge is 0.495 e. The Morgan fingerprint density at radius 3 is 2.38 bits per heavy atom. The molecule has 0 unspecified atom stereocenters. The Morgan fingerprint density at radius 2 is 1.77 bits per heavy atom. The lowest BCUT2D eigenvalue weighted by molar-refractivity contribution is 0.0938. The van der Waals surface area contributed by atoms with Gasteiger partial charge in [-0.2, -0.15) is 0 Å². The first-order chi connectivity index (χ1) is 12.6. The van der Waals surface area contributed by atoms with Gasteiger partial charge in [-0.15, -0.1) is 0 Å². The molecule has 1 fully saturated rings. The van der Waals surface area contributed by atoms with E-state index in [0.29, 0.717) is 5.69 Å². The minimum Gasteiger partial charge on any atom is -0.495 e. The highest BCUT2D eigenvalue weighted by Crippen LogP contribution is 2.29. The maximum absolute atomic E-state index is 12.0. The Kier molecular flexibility index (Phi) is 5.61. The number of hydrogen-bond acceptors (Lipinski definition) is 5. The van der Waals surface area contributed by atoms with Crippen LogP contribution in [0.4, 0.5) is 11.4 Å². The van der Waals surface area contributed by atoms with Gasteiger partial charge in [0.25, 0.3) is 5.91 Å². The summed E-state index contributed by atoms with van der Waals surface area (Å²) in [6.07, 6.45) is 1.79. The number of hydrogen-bond donors (Lipinski definition) is 1. The maximum atomic E-state index is 12.0. The molecule has 0 spiro atoms. The van der Waals surface area contributed by atoms with Gasteiger partial charge in [-0.3, -0.25) is 4.79 Å². The molecule has 0 saturated carbocycles. The van der Waals surface area contributed by atoms with Gasteiger partial charge in [0.1, 0.15) is 11.4 Å². The molecule has 0 atom stereocenters. The van der Waals surface area contributed by atoms with E-state index in [1.54, 1.807) is 19.4 Å². The highest BCUT2D eigenvalue weighted by molar-refractivity contribution is 5.92. The van der Waals surface area contributed by atoms with E-state index in [2.05, 4.69) is 26.2 Å². The fourth-order valence-corrected chi connectivity index (χ4v) is 3.14. The molecule has 3 rings (SSSR count). The molecule has 1 aliphatic rings. The van der Waals surface area contributed by atoms with Crippen molar-refractivity contribution in [3.8, 4) is 5.75 Å². The van der Waals surface area contributed by atoms with Crippen LogP contribution in [0.15, 0.2) is 42.6 Å². The maximum Gasteiger partial charge on any atom is 0.270 e. The summed E-state index contributed by atoms with van der Waals surface area (Å²) in [6.45, 7) is 7.50. The molecule has 26 heavy (non-hydrogen) atoms. The van der Waals surface area contributed by atoms with Crippen LogP contribution in [0.5, 0.6) is 5.75 Å². The molecular formula is C20H26N4O2. The Labute approximate surface area is 154 Å². The van der Waals surface area contributed by atoms with Crippen LogP contribution in [0.1, 0.15) is 24.3 Å². The van der Waals surface area contributed by atoms with Gasteiger partial charge >= 0.3 is 0 Å². The topological polar surface area (TPSA) is 57.7 Å². The third-order valence-electron chi connectivity index (χ3n) is 4.47. The highest BCUT2D eigenvalue weighted by Gasteiger charge is 2.20. The molecule has 138 valence electrons. The Balaban J connectivity index is 1.62. The number of para-hydroxylation sites is 2. The summed E-state index contributed by atoms with van der Waals surface area (Å²) < 4.78 is 5.47. The molecule has 6 heteroatoms. The number of pyridine rings is 1. The standard InChI is InChI=1S/C20H26N4O2/c1-15(2)22-20(25)17-9-8-16(14-21-17)23-10-12-24(13-11-23)18-6-4-5-7-19(18)26-3/h4-9,14-15H,10-13H2,1-3H3,(H,22,25). The zero-order chi connectivity index (χ0) is 18.5. The van der Waals surface area contributed by atoms with E-state index >= 15 is 0 Å². The number of anilines is 2. The van der Waals surface area contributed by atoms with Crippen molar-refractivity contribution in [2.24, 2.45) is 0 Å². The summed E-state index contributed by atoms with van der Waals surface area (Å²) in [5.74, 6) is 0.774. The van der Waals surface area contributed by atoms with Crippen molar-refractivity contribution in [3.05, 3.63) is 48.3 Å². The first-order valence-corrected chi connectivity index (χ1v) is 8.98. The number of carbonyl (C=O) groups is 1. The Bertz CT molecular complexity index is 738. The lowest BCUT2D eigenvalue weighted by Gasteiger charge is -2.37. The number of rotatable bonds is 5. The number of nitrogens with zero attached hydrogens (tertiary/aromatic N) is 3. The number of methoxy groups -OCH3 is 1. The first-order valence-electron chi connectivity index (χ1n) is 8.98. The normalized spacial score (nSPS) is 14.5. The first kappa shape index (κ1) is 18.0. The predicted octanol–water partition coefficient (Wildman–Crippen LogP) is 2.56. The second kappa shape index (κ2) is 8.08. The van der Waals surface area contributed by atoms with Gasteiger partial charge in [-0.1, -0.05) is 12.1 Å². The minimum atomic E-state index is -0.132. The molecule has 1 amide bonds. The number of piperazine rings is 1. The quantitative estimate of drug-likeness (QED) is 0.894. The zero-order valence-electron chi connectivity index (χ0n) is 15.6. The lowest BCUT2D eigenvalue weighted by atomic mass is 10.2. The van der Waals surface area contributed by atoms with Gasteiger partial charge in [0.15, 0.2) is 0 Å². The number of nitrogens with one attached hydrogen (secondary N) is 1. The average molecular weight is 354 g/mol. The van der Waals surface area contributed by atoms with Gasteiger partial charge in [0.2, 0.25) is 0 Å². The number of carbonyl (C=O) groups excluding carboxylic acids is 1. The van der Waals surface area contributed by atoms with Crippen LogP contribution in [0, 0.1) is 0 Å². The van der Waals surface area contributed by atoms with E-state index in [9.17, 15) is 4.79 Å². The summed E-state index contributed by atoms with van der Waals surface area (Å²) >= 11 is 0. The summed E-state index contributed by atoms with van der Waals surface area (Å²) in [6, 6.07) is 12.0. The smallest absolute Gasteiger partial charge is 0.270 e. The lowest BCUT2D eigenvalue weighted by Crippen LogP contribution is -2.46. The molecule has 1 N–H and O–H groups in total. The van der Waals surface area contributed by atoms with Gasteiger partial charge in [-0.25, -0.2) is 4.98 Å². The summed E-state index contributed by atoms with van der Waals surface area (Å²) in [5, 5.41) is 2.86. The number of aromatic nitrogens is 1. The van der Waals surface area contributed by atoms with Crippen LogP contribution < -0.4 is 19.9 Å². The molecule has 1 aliphatic heterocycles. The SMILES string of the molecule is COc1ccccc1N1CCN(c2ccc(C(=O)NC(C)C)nc2)CC1. The molecule has 2 aromatic rings. The monoisotopic (exact) mass is 354 g/mol. The Hall–Kier alpha value is -2.76. The fourth-order valence-electron chi connectivity index (χ4n) is 3.14. The molecule has 0 aliphatic carbocycles. The number of benzene rings is 1. The second-order valence-corrected chi connectivity index (χ2v) is 6.68. The van der Waals surface area contributed by atoms with Crippen molar-refractivity contribution >= 4 is 17.3 Å². The Morgan fingerprint density at radius 1 is 1.08 bits per heavy atom. The van der Waals surface area contributed by atoms with E-state index in [-0.39, 0.29) is 11.9 Å². The molecule has 0 radical (unpaired) electrons. The number of amides is 1. The molecule has 1 saturated heterocycles. The van der Waals surface area contributed by atoms with Crippen LogP contribution in [-0.4, -0.2) is 50.2 Å². The van der Waals surface area contributed by atoms with E-state index in [1.807, 2.05) is 38.1 Å². The minimum absolute atomic E-state index is 0.104. The molecule has 6 nitrogen and oxygen atoms in total. The van der Waals surface area contributed by atoms with Crippen molar-refractivity contribution in [1.29, 1.82) is 0 Å². The van der Waals surface area contributed by atoms with Crippen LogP contribution in [0.3, 0.4) is 0 Å². The van der Waals surface area contributed by atoms with Crippen molar-refractivity contribution < 1.29 is 9.53 Å². The van der Waals surface area contributed by atoms with Crippen molar-refractivity contribution in [2.75, 3.05) is 43.1 Å². The summed E-state index contributed by atoms with van der Waals surface area (Å²) in [5.41, 5.74) is 2.63. The van der Waals surface area contributed by atoms with E-state index in [4.69, 9.17) is 4.74 Å². The molecule has 1 aromatic heterocycles. The predicted molar refractivity (Wildman–Crippen MR) is 104 cm³/mol. The van der Waals surface area contributed by atoms with Gasteiger partial charge in [0.05, 0.1) is 24.7 Å².